The van der Waals surface area contributed by atoms with E-state index in [1.165, 1.54) is 0 Å². The number of ether oxygens (including phenoxy) is 1. The lowest BCUT2D eigenvalue weighted by molar-refractivity contribution is 0.0360. The summed E-state index contributed by atoms with van der Waals surface area (Å²) in [4.78, 5) is 36.2. The van der Waals surface area contributed by atoms with Gasteiger partial charge in [0.05, 0.1) is 41.2 Å². The number of hydrogen-bond donors (Lipinski definition) is 2. The lowest BCUT2D eigenvalue weighted by Crippen LogP contribution is -2.38. The van der Waals surface area contributed by atoms with Crippen molar-refractivity contribution in [3.05, 3.63) is 67.8 Å². The molecule has 1 aromatic carbocycles. The molecule has 0 spiro atoms. The standard InChI is InChI=1S/C29H36N6O3S/c1-5-6-21-13-18(2)32-29(37)25(21)16-30-28(36)23-14-24(27-26(19(23)3)33-20(4)39-27)22-15-31-35(17-22)8-7-34-9-11-38-12-10-34/h13-15,17H,5-12,16H2,1-4H3,(H,30,36)(H,32,37). The van der Waals surface area contributed by atoms with Crippen molar-refractivity contribution in [2.24, 2.45) is 0 Å². The first-order chi connectivity index (χ1) is 18.8. The molecule has 10 heteroatoms. The highest BCUT2D eigenvalue weighted by Gasteiger charge is 2.20. The van der Waals surface area contributed by atoms with E-state index in [1.807, 2.05) is 50.0 Å². The van der Waals surface area contributed by atoms with Gasteiger partial charge in [0.2, 0.25) is 0 Å². The van der Waals surface area contributed by atoms with E-state index < -0.39 is 0 Å². The molecule has 0 aliphatic carbocycles. The molecule has 0 atom stereocenters. The summed E-state index contributed by atoms with van der Waals surface area (Å²) in [5.41, 5.74) is 6.41. The third-order valence-electron chi connectivity index (χ3n) is 7.27. The normalized spacial score (nSPS) is 14.3. The molecule has 2 N–H and O–H groups in total. The Kier molecular flexibility index (Phi) is 8.25. The van der Waals surface area contributed by atoms with Crippen LogP contribution in [0.2, 0.25) is 0 Å². The minimum atomic E-state index is -0.219. The van der Waals surface area contributed by atoms with Crippen LogP contribution in [0.3, 0.4) is 0 Å². The molecule has 4 aromatic rings. The Labute approximate surface area is 232 Å². The third-order valence-corrected chi connectivity index (χ3v) is 8.28. The quantitative estimate of drug-likeness (QED) is 0.328. The van der Waals surface area contributed by atoms with Crippen LogP contribution in [0.1, 0.15) is 51.1 Å². The second kappa shape index (κ2) is 11.8. The Balaban J connectivity index is 1.41. The number of nitrogens with zero attached hydrogens (tertiary/aromatic N) is 4. The summed E-state index contributed by atoms with van der Waals surface area (Å²) in [5.74, 6) is -0.219. The van der Waals surface area contributed by atoms with E-state index in [2.05, 4.69) is 27.2 Å². The summed E-state index contributed by atoms with van der Waals surface area (Å²) in [6.45, 7) is 13.2. The van der Waals surface area contributed by atoms with Crippen molar-refractivity contribution in [1.82, 2.24) is 30.0 Å². The van der Waals surface area contributed by atoms with Crippen LogP contribution >= 0.6 is 11.3 Å². The summed E-state index contributed by atoms with van der Waals surface area (Å²) >= 11 is 1.63. The molecule has 1 aliphatic rings. The number of morpholine rings is 1. The van der Waals surface area contributed by atoms with E-state index in [9.17, 15) is 9.59 Å². The van der Waals surface area contributed by atoms with Crippen molar-refractivity contribution in [2.45, 2.75) is 53.6 Å². The number of hydrogen-bond acceptors (Lipinski definition) is 7. The lowest BCUT2D eigenvalue weighted by Gasteiger charge is -2.26. The number of benzene rings is 1. The number of thiazole rings is 1. The number of aromatic amines is 1. The molecular formula is C29H36N6O3S. The second-order valence-electron chi connectivity index (χ2n) is 10.2. The molecular weight excluding hydrogens is 512 g/mol. The molecule has 0 bridgehead atoms. The minimum absolute atomic E-state index is 0.147. The Bertz CT molecular complexity index is 1550. The molecule has 39 heavy (non-hydrogen) atoms. The van der Waals surface area contributed by atoms with Crippen LogP contribution in [0.4, 0.5) is 0 Å². The van der Waals surface area contributed by atoms with E-state index in [4.69, 9.17) is 9.72 Å². The Morgan fingerprint density at radius 2 is 1.97 bits per heavy atom. The molecule has 0 saturated carbocycles. The average Bonchev–Trinajstić information content (AvgIpc) is 3.55. The highest BCUT2D eigenvalue weighted by molar-refractivity contribution is 7.19. The van der Waals surface area contributed by atoms with Gasteiger partial charge in [-0.25, -0.2) is 4.98 Å². The maximum atomic E-state index is 13.5. The highest BCUT2D eigenvalue weighted by atomic mass is 32.1. The second-order valence-corrected chi connectivity index (χ2v) is 11.4. The van der Waals surface area contributed by atoms with Gasteiger partial charge < -0.3 is 15.0 Å². The third kappa shape index (κ3) is 5.98. The van der Waals surface area contributed by atoms with Crippen LogP contribution in [-0.4, -0.2) is 63.4 Å². The summed E-state index contributed by atoms with van der Waals surface area (Å²) in [6, 6.07) is 3.94. The van der Waals surface area contributed by atoms with Crippen LogP contribution in [0.25, 0.3) is 21.3 Å². The zero-order valence-corrected chi connectivity index (χ0v) is 23.9. The van der Waals surface area contributed by atoms with Crippen LogP contribution < -0.4 is 10.9 Å². The average molecular weight is 549 g/mol. The van der Waals surface area contributed by atoms with Gasteiger partial charge in [-0.3, -0.25) is 19.2 Å². The molecule has 0 unspecified atom stereocenters. The topological polar surface area (TPSA) is 105 Å². The number of amides is 1. The molecule has 0 radical (unpaired) electrons. The number of aryl methyl sites for hydroxylation is 4. The molecule has 4 heterocycles. The Morgan fingerprint density at radius 1 is 1.18 bits per heavy atom. The number of pyridine rings is 1. The van der Waals surface area contributed by atoms with E-state index in [0.29, 0.717) is 11.1 Å². The summed E-state index contributed by atoms with van der Waals surface area (Å²) in [7, 11) is 0. The van der Waals surface area contributed by atoms with Gasteiger partial charge in [0.15, 0.2) is 0 Å². The number of aromatic nitrogens is 4. The fourth-order valence-corrected chi connectivity index (χ4v) is 6.20. The van der Waals surface area contributed by atoms with Crippen molar-refractivity contribution < 1.29 is 9.53 Å². The van der Waals surface area contributed by atoms with E-state index in [-0.39, 0.29) is 18.0 Å². The number of carbonyl (C=O) groups is 1. The van der Waals surface area contributed by atoms with Crippen molar-refractivity contribution in [1.29, 1.82) is 0 Å². The van der Waals surface area contributed by atoms with E-state index in [1.54, 1.807) is 11.3 Å². The van der Waals surface area contributed by atoms with Gasteiger partial charge >= 0.3 is 0 Å². The minimum Gasteiger partial charge on any atom is -0.379 e. The zero-order chi connectivity index (χ0) is 27.5. The molecule has 3 aromatic heterocycles. The summed E-state index contributed by atoms with van der Waals surface area (Å²) in [5, 5.41) is 8.57. The van der Waals surface area contributed by atoms with E-state index >= 15 is 0 Å². The SMILES string of the molecule is CCCc1cc(C)[nH]c(=O)c1CNC(=O)c1cc(-c2cnn(CCN3CCOCC3)c2)c2sc(C)nc2c1C. The number of nitrogens with one attached hydrogen (secondary N) is 2. The van der Waals surface area contributed by atoms with Crippen molar-refractivity contribution in [3.63, 3.8) is 0 Å². The Morgan fingerprint density at radius 3 is 2.74 bits per heavy atom. The van der Waals surface area contributed by atoms with Gasteiger partial charge in [0.25, 0.3) is 11.5 Å². The van der Waals surface area contributed by atoms with Crippen LogP contribution in [0.15, 0.2) is 29.3 Å². The largest absolute Gasteiger partial charge is 0.379 e. The molecule has 9 nitrogen and oxygen atoms in total. The first kappa shape index (κ1) is 27.2. The molecule has 5 rings (SSSR count). The van der Waals surface area contributed by atoms with Gasteiger partial charge in [-0.15, -0.1) is 11.3 Å². The fraction of sp³-hybridized carbons (Fsp3) is 0.448. The van der Waals surface area contributed by atoms with Gasteiger partial charge in [0, 0.05) is 60.3 Å². The smallest absolute Gasteiger partial charge is 0.253 e. The van der Waals surface area contributed by atoms with Crippen LogP contribution in [0, 0.1) is 20.8 Å². The maximum absolute atomic E-state index is 13.5. The monoisotopic (exact) mass is 548 g/mol. The molecule has 1 fully saturated rings. The van der Waals surface area contributed by atoms with Crippen LogP contribution in [0.5, 0.6) is 0 Å². The maximum Gasteiger partial charge on any atom is 0.253 e. The number of H-pyrrole nitrogens is 1. The highest BCUT2D eigenvalue weighted by Crippen LogP contribution is 2.36. The van der Waals surface area contributed by atoms with Crippen molar-refractivity contribution in [2.75, 3.05) is 32.8 Å². The molecule has 206 valence electrons. The summed E-state index contributed by atoms with van der Waals surface area (Å²) in [6.07, 6.45) is 5.62. The molecule has 1 amide bonds. The predicted octanol–water partition coefficient (Wildman–Crippen LogP) is 3.99. The predicted molar refractivity (Wildman–Crippen MR) is 155 cm³/mol. The zero-order valence-electron chi connectivity index (χ0n) is 23.1. The van der Waals surface area contributed by atoms with Crippen LogP contribution in [-0.2, 0) is 24.2 Å². The number of rotatable bonds is 9. The van der Waals surface area contributed by atoms with Crippen molar-refractivity contribution >= 4 is 27.5 Å². The summed E-state index contributed by atoms with van der Waals surface area (Å²) < 4.78 is 8.46. The van der Waals surface area contributed by atoms with Gasteiger partial charge in [-0.05, 0) is 50.5 Å². The number of fused-ring (bicyclic) bond motifs is 1. The Hall–Kier alpha value is -3.34. The fourth-order valence-electron chi connectivity index (χ4n) is 5.19. The van der Waals surface area contributed by atoms with Gasteiger partial charge in [-0.2, -0.15) is 5.10 Å². The molecule has 1 saturated heterocycles. The first-order valence-corrected chi connectivity index (χ1v) is 14.4. The number of carbonyl (C=O) groups excluding carboxylic acids is 1. The first-order valence-electron chi connectivity index (χ1n) is 13.6. The molecule has 1 aliphatic heterocycles. The lowest BCUT2D eigenvalue weighted by atomic mass is 9.99. The van der Waals surface area contributed by atoms with E-state index in [0.717, 1.165) is 95.4 Å². The van der Waals surface area contributed by atoms with Gasteiger partial charge in [-0.1, -0.05) is 13.3 Å². The van der Waals surface area contributed by atoms with Crippen molar-refractivity contribution in [3.8, 4) is 11.1 Å². The van der Waals surface area contributed by atoms with Gasteiger partial charge in [0.1, 0.15) is 0 Å².